The molecule has 0 spiro atoms. The molecule has 2 N–H and O–H groups in total. The highest BCUT2D eigenvalue weighted by atomic mass is 16.5. The van der Waals surface area contributed by atoms with E-state index in [1.54, 1.807) is 26.0 Å². The van der Waals surface area contributed by atoms with Gasteiger partial charge in [-0.3, -0.25) is 14.4 Å². The molecule has 35 heavy (non-hydrogen) atoms. The minimum absolute atomic E-state index is 0.0471. The van der Waals surface area contributed by atoms with Gasteiger partial charge in [-0.05, 0) is 24.7 Å². The maximum Gasteiger partial charge on any atom is 0.225 e. The van der Waals surface area contributed by atoms with E-state index in [0.717, 1.165) is 19.3 Å². The molecule has 3 amide bonds. The topological polar surface area (TPSA) is 102 Å². The van der Waals surface area contributed by atoms with Crippen LogP contribution < -0.4 is 5.73 Å². The highest BCUT2D eigenvalue weighted by molar-refractivity contribution is 5.80. The minimum Gasteiger partial charge on any atom is -0.379 e. The maximum atomic E-state index is 13.5. The van der Waals surface area contributed by atoms with Crippen LogP contribution in [0.4, 0.5) is 0 Å². The van der Waals surface area contributed by atoms with Crippen molar-refractivity contribution in [2.45, 2.75) is 105 Å². The van der Waals surface area contributed by atoms with E-state index in [1.165, 1.54) is 0 Å². The van der Waals surface area contributed by atoms with Crippen LogP contribution in [-0.4, -0.2) is 79.6 Å². The first-order valence-corrected chi connectivity index (χ1v) is 13.3. The lowest BCUT2D eigenvalue weighted by molar-refractivity contribution is -0.147. The monoisotopic (exact) mass is 499 g/mol. The van der Waals surface area contributed by atoms with Gasteiger partial charge in [0, 0.05) is 33.7 Å². The Hall–Kier alpha value is -1.67. The lowest BCUT2D eigenvalue weighted by Crippen LogP contribution is -2.53. The van der Waals surface area contributed by atoms with Crippen LogP contribution in [0.2, 0.25) is 0 Å². The predicted octanol–water partition coefficient (Wildman–Crippen LogP) is 3.71. The van der Waals surface area contributed by atoms with Crippen LogP contribution in [0.25, 0.3) is 0 Å². The van der Waals surface area contributed by atoms with E-state index < -0.39 is 24.0 Å². The minimum atomic E-state index is -0.499. The number of nitrogens with two attached hydrogens (primary N) is 1. The van der Waals surface area contributed by atoms with E-state index in [9.17, 15) is 14.4 Å². The molecule has 8 heteroatoms. The molecular formula is C27H53N3O5. The Morgan fingerprint density at radius 2 is 1.60 bits per heavy atom. The predicted molar refractivity (Wildman–Crippen MR) is 141 cm³/mol. The van der Waals surface area contributed by atoms with Crippen molar-refractivity contribution in [2.24, 2.45) is 29.4 Å². The molecule has 206 valence electrons. The van der Waals surface area contributed by atoms with Crippen LogP contribution in [0.5, 0.6) is 0 Å². The molecule has 7 atom stereocenters. The number of rotatable bonds is 13. The summed E-state index contributed by atoms with van der Waals surface area (Å²) in [6.45, 7) is 16.6. The van der Waals surface area contributed by atoms with Gasteiger partial charge in [0.05, 0.1) is 36.6 Å². The summed E-state index contributed by atoms with van der Waals surface area (Å²) < 4.78 is 11.4. The van der Waals surface area contributed by atoms with Gasteiger partial charge in [-0.25, -0.2) is 0 Å². The Bertz CT molecular complexity index is 657. The second-order valence-corrected chi connectivity index (χ2v) is 10.0. The fourth-order valence-corrected chi connectivity index (χ4v) is 4.93. The fourth-order valence-electron chi connectivity index (χ4n) is 4.93. The number of hydrogen-bond donors (Lipinski definition) is 1. The molecule has 8 nitrogen and oxygen atoms in total. The molecule has 1 heterocycles. The van der Waals surface area contributed by atoms with E-state index in [0.29, 0.717) is 6.54 Å². The van der Waals surface area contributed by atoms with Crippen LogP contribution in [0.3, 0.4) is 0 Å². The number of likely N-dealkylation sites (N-methyl/N-ethyl adjacent to an activating group) is 1. The Kier molecular flexibility index (Phi) is 15.4. The number of carbonyl (C=O) groups is 3. The summed E-state index contributed by atoms with van der Waals surface area (Å²) in [6.07, 6.45) is 1.75. The van der Waals surface area contributed by atoms with Crippen LogP contribution >= 0.6 is 0 Å². The summed E-state index contributed by atoms with van der Waals surface area (Å²) in [5, 5.41) is 0. The van der Waals surface area contributed by atoms with Gasteiger partial charge < -0.3 is 25.0 Å². The average molecular weight is 500 g/mol. The van der Waals surface area contributed by atoms with Crippen molar-refractivity contribution in [3.63, 3.8) is 0 Å². The molecule has 7 unspecified atom stereocenters. The number of methoxy groups -OCH3 is 2. The summed E-state index contributed by atoms with van der Waals surface area (Å²) in [6, 6.07) is -0.425. The fraction of sp³-hybridized carbons (Fsp3) is 0.889. The van der Waals surface area contributed by atoms with Gasteiger partial charge in [0.15, 0.2) is 0 Å². The van der Waals surface area contributed by atoms with Crippen LogP contribution in [0.1, 0.15) is 81.1 Å². The van der Waals surface area contributed by atoms with Gasteiger partial charge in [0.2, 0.25) is 17.7 Å². The quantitative estimate of drug-likeness (QED) is 0.416. The number of nitrogens with zero attached hydrogens (tertiary/aromatic N) is 2. The third kappa shape index (κ3) is 8.74. The summed E-state index contributed by atoms with van der Waals surface area (Å²) in [4.78, 5) is 42.0. The zero-order valence-corrected chi connectivity index (χ0v) is 24.2. The van der Waals surface area contributed by atoms with Crippen molar-refractivity contribution >= 4 is 17.7 Å². The summed E-state index contributed by atoms with van der Waals surface area (Å²) in [7, 11) is 4.98. The first-order valence-electron chi connectivity index (χ1n) is 13.3. The van der Waals surface area contributed by atoms with E-state index in [2.05, 4.69) is 13.8 Å². The molecule has 0 aromatic heterocycles. The molecule has 1 saturated heterocycles. The van der Waals surface area contributed by atoms with Crippen LogP contribution in [0, 0.1) is 23.7 Å². The summed E-state index contributed by atoms with van der Waals surface area (Å²) >= 11 is 0. The molecule has 1 rings (SSSR count). The Morgan fingerprint density at radius 3 is 2.03 bits per heavy atom. The number of ether oxygens (including phenoxy) is 2. The van der Waals surface area contributed by atoms with Gasteiger partial charge in [-0.1, -0.05) is 61.8 Å². The molecule has 0 saturated carbocycles. The molecule has 1 aliphatic heterocycles. The van der Waals surface area contributed by atoms with Gasteiger partial charge in [0.1, 0.15) is 0 Å². The first kappa shape index (κ1) is 33.3. The largest absolute Gasteiger partial charge is 0.379 e. The second kappa shape index (κ2) is 16.1. The molecule has 1 aliphatic rings. The van der Waals surface area contributed by atoms with E-state index in [1.807, 2.05) is 46.6 Å². The molecule has 0 aromatic carbocycles. The molecule has 0 aromatic rings. The summed E-state index contributed by atoms with van der Waals surface area (Å²) in [5.41, 5.74) is 5.52. The molecular weight excluding hydrogens is 446 g/mol. The van der Waals surface area contributed by atoms with Gasteiger partial charge in [-0.2, -0.15) is 0 Å². The van der Waals surface area contributed by atoms with Crippen LogP contribution in [0.15, 0.2) is 0 Å². The lowest BCUT2D eigenvalue weighted by Gasteiger charge is -2.40. The molecule has 0 radical (unpaired) electrons. The van der Waals surface area contributed by atoms with Gasteiger partial charge in [-0.15, -0.1) is 0 Å². The van der Waals surface area contributed by atoms with Crippen molar-refractivity contribution in [3.8, 4) is 0 Å². The lowest BCUT2D eigenvalue weighted by atomic mass is 9.88. The normalized spacial score (nSPS) is 20.8. The number of hydrogen-bond acceptors (Lipinski definition) is 5. The van der Waals surface area contributed by atoms with Crippen molar-refractivity contribution in [3.05, 3.63) is 0 Å². The molecule has 0 aliphatic carbocycles. The number of amides is 3. The smallest absolute Gasteiger partial charge is 0.225 e. The second-order valence-electron chi connectivity index (χ2n) is 10.0. The zero-order valence-electron chi connectivity index (χ0n) is 24.2. The number of likely N-dealkylation sites (tertiary alicyclic amines) is 1. The number of primary amides is 1. The van der Waals surface area contributed by atoms with Gasteiger partial charge >= 0.3 is 0 Å². The highest BCUT2D eigenvalue weighted by Gasteiger charge is 2.41. The molecule has 1 fully saturated rings. The first-order chi connectivity index (χ1) is 16.4. The Balaban J connectivity index is 0.00000562. The van der Waals surface area contributed by atoms with E-state index in [4.69, 9.17) is 15.2 Å². The van der Waals surface area contributed by atoms with Crippen molar-refractivity contribution in [1.82, 2.24) is 9.80 Å². The Labute approximate surface area is 214 Å². The van der Waals surface area contributed by atoms with Crippen molar-refractivity contribution < 1.29 is 23.9 Å². The molecule has 0 bridgehead atoms. The van der Waals surface area contributed by atoms with Crippen molar-refractivity contribution in [2.75, 3.05) is 27.8 Å². The van der Waals surface area contributed by atoms with Crippen LogP contribution in [-0.2, 0) is 23.9 Å². The Morgan fingerprint density at radius 1 is 1.03 bits per heavy atom. The average Bonchev–Trinajstić information content (AvgIpc) is 3.33. The van der Waals surface area contributed by atoms with Crippen molar-refractivity contribution in [1.29, 1.82) is 0 Å². The van der Waals surface area contributed by atoms with E-state index in [-0.39, 0.29) is 48.1 Å². The third-order valence-corrected chi connectivity index (χ3v) is 7.68. The summed E-state index contributed by atoms with van der Waals surface area (Å²) in [5.74, 6) is -0.646. The zero-order chi connectivity index (χ0) is 27.5. The third-order valence-electron chi connectivity index (χ3n) is 7.68. The van der Waals surface area contributed by atoms with Gasteiger partial charge in [0.25, 0.3) is 0 Å². The van der Waals surface area contributed by atoms with E-state index >= 15 is 0 Å². The number of carbonyl (C=O) groups excluding carboxylic acids is 3. The standard InChI is InChI=1S/C25H47N3O5.C2H6/c1-10-16(4)22(27(7)25(31)17(5)15(2)3)20(32-8)14-21(29)28-13-11-12-19(28)23(33-9)18(6)24(26)30;1-2/h15-20,22-23H,10-14H2,1-9H3,(H2,26,30);1-2H3. The maximum absolute atomic E-state index is 13.5. The highest BCUT2D eigenvalue weighted by Crippen LogP contribution is 2.29. The SMILES string of the molecule is CC.CCC(C)C(C(CC(=O)N1CCCC1C(OC)C(C)C(N)=O)OC)N(C)C(=O)C(C)C(C)C.